The van der Waals surface area contributed by atoms with Crippen molar-refractivity contribution in [2.24, 2.45) is 10.9 Å². The van der Waals surface area contributed by atoms with Crippen LogP contribution in [0.1, 0.15) is 13.3 Å². The number of benzene rings is 1. The highest BCUT2D eigenvalue weighted by molar-refractivity contribution is 14.0. The highest BCUT2D eigenvalue weighted by Crippen LogP contribution is 2.25. The molecule has 0 aromatic heterocycles. The summed E-state index contributed by atoms with van der Waals surface area (Å²) in [5.74, 6) is 1.27. The van der Waals surface area contributed by atoms with Gasteiger partial charge in [-0.25, -0.2) is 4.99 Å². The molecule has 6 nitrogen and oxygen atoms in total. The summed E-state index contributed by atoms with van der Waals surface area (Å²) in [5.41, 5.74) is 1.26. The lowest BCUT2D eigenvalue weighted by Gasteiger charge is -2.20. The van der Waals surface area contributed by atoms with Crippen molar-refractivity contribution < 1.29 is 4.79 Å². The monoisotopic (exact) mass is 537 g/mol. The van der Waals surface area contributed by atoms with Gasteiger partial charge < -0.3 is 20.4 Å². The van der Waals surface area contributed by atoms with E-state index >= 15 is 0 Å². The minimum Gasteiger partial charge on any atom is -0.371 e. The number of halogens is 2. The molecule has 26 heavy (non-hydrogen) atoms. The minimum absolute atomic E-state index is 0. The summed E-state index contributed by atoms with van der Waals surface area (Å²) in [5, 5.41) is 6.57. The first-order valence-corrected chi connectivity index (χ1v) is 9.51. The topological polar surface area (TPSA) is 60.0 Å². The molecule has 146 valence electrons. The van der Waals surface area contributed by atoms with E-state index in [0.29, 0.717) is 11.9 Å². The molecule has 1 aliphatic rings. The van der Waals surface area contributed by atoms with Crippen molar-refractivity contribution in [3.05, 3.63) is 28.7 Å². The zero-order valence-corrected chi connectivity index (χ0v) is 19.6. The molecule has 1 aliphatic heterocycles. The normalized spacial score (nSPS) is 16.8. The molecule has 1 aromatic rings. The lowest BCUT2D eigenvalue weighted by Crippen LogP contribution is -2.41. The molecule has 1 aromatic carbocycles. The maximum Gasteiger partial charge on any atom is 0.243 e. The number of nitrogens with zero attached hydrogens (tertiary/aromatic N) is 3. The second kappa shape index (κ2) is 11.6. The third kappa shape index (κ3) is 7.30. The van der Waals surface area contributed by atoms with Crippen molar-refractivity contribution in [3.8, 4) is 0 Å². The molecule has 1 amide bonds. The van der Waals surface area contributed by atoms with Crippen LogP contribution in [0.5, 0.6) is 0 Å². The highest BCUT2D eigenvalue weighted by atomic mass is 127. The van der Waals surface area contributed by atoms with Gasteiger partial charge in [0, 0.05) is 50.4 Å². The molecule has 1 saturated heterocycles. The summed E-state index contributed by atoms with van der Waals surface area (Å²) < 4.78 is 1.11. The van der Waals surface area contributed by atoms with Crippen LogP contribution in [-0.4, -0.2) is 63.6 Å². The number of anilines is 1. The molecule has 8 heteroatoms. The van der Waals surface area contributed by atoms with E-state index in [4.69, 9.17) is 0 Å². The Morgan fingerprint density at radius 3 is 2.81 bits per heavy atom. The fourth-order valence-corrected chi connectivity index (χ4v) is 3.16. The van der Waals surface area contributed by atoms with E-state index in [1.807, 2.05) is 13.0 Å². The van der Waals surface area contributed by atoms with Crippen LogP contribution in [-0.2, 0) is 4.79 Å². The van der Waals surface area contributed by atoms with Crippen LogP contribution in [0.2, 0.25) is 0 Å². The van der Waals surface area contributed by atoms with E-state index < -0.39 is 0 Å². The predicted octanol–water partition coefficient (Wildman–Crippen LogP) is 2.54. The van der Waals surface area contributed by atoms with E-state index in [1.54, 1.807) is 19.0 Å². The van der Waals surface area contributed by atoms with Crippen LogP contribution in [0, 0.1) is 5.92 Å². The number of guanidine groups is 1. The van der Waals surface area contributed by atoms with Crippen molar-refractivity contribution in [2.75, 3.05) is 51.7 Å². The maximum absolute atomic E-state index is 11.7. The van der Waals surface area contributed by atoms with E-state index in [0.717, 1.165) is 37.1 Å². The Labute approximate surface area is 181 Å². The summed E-state index contributed by atoms with van der Waals surface area (Å²) in [6.07, 6.45) is 1.15. The molecule has 1 fully saturated rings. The molecule has 2 rings (SSSR count). The Morgan fingerprint density at radius 1 is 1.38 bits per heavy atom. The van der Waals surface area contributed by atoms with Crippen LogP contribution in [0.25, 0.3) is 0 Å². The number of aliphatic imine (C=N–C) groups is 1. The van der Waals surface area contributed by atoms with Gasteiger partial charge in [0.2, 0.25) is 5.91 Å². The van der Waals surface area contributed by atoms with Crippen LogP contribution < -0.4 is 15.5 Å². The number of carbonyl (C=O) groups excluding carboxylic acids is 1. The van der Waals surface area contributed by atoms with Gasteiger partial charge in [0.1, 0.15) is 6.54 Å². The second-order valence-electron chi connectivity index (χ2n) is 6.44. The zero-order chi connectivity index (χ0) is 18.2. The van der Waals surface area contributed by atoms with Gasteiger partial charge in [-0.15, -0.1) is 24.0 Å². The van der Waals surface area contributed by atoms with Crippen LogP contribution in [0.15, 0.2) is 33.7 Å². The van der Waals surface area contributed by atoms with Gasteiger partial charge in [-0.1, -0.05) is 22.0 Å². The van der Waals surface area contributed by atoms with Gasteiger partial charge in [-0.2, -0.15) is 0 Å². The number of amides is 1. The van der Waals surface area contributed by atoms with Gasteiger partial charge in [-0.05, 0) is 37.5 Å². The molecular formula is C18H29BrIN5O. The van der Waals surface area contributed by atoms with Gasteiger partial charge in [-0.3, -0.25) is 4.79 Å². The lowest BCUT2D eigenvalue weighted by molar-refractivity contribution is -0.127. The Hall–Kier alpha value is -1.03. The largest absolute Gasteiger partial charge is 0.371 e. The lowest BCUT2D eigenvalue weighted by atomic mass is 10.1. The number of hydrogen-bond acceptors (Lipinski definition) is 3. The van der Waals surface area contributed by atoms with Crippen LogP contribution in [0.3, 0.4) is 0 Å². The first-order valence-electron chi connectivity index (χ1n) is 8.72. The minimum atomic E-state index is -0.00102. The van der Waals surface area contributed by atoms with Gasteiger partial charge in [0.15, 0.2) is 5.96 Å². The third-order valence-corrected chi connectivity index (χ3v) is 4.73. The van der Waals surface area contributed by atoms with Crippen molar-refractivity contribution in [3.63, 3.8) is 0 Å². The van der Waals surface area contributed by atoms with E-state index in [-0.39, 0.29) is 36.4 Å². The number of carbonyl (C=O) groups is 1. The van der Waals surface area contributed by atoms with E-state index in [9.17, 15) is 4.79 Å². The molecule has 0 saturated carbocycles. The summed E-state index contributed by atoms with van der Waals surface area (Å²) in [4.78, 5) is 20.0. The second-order valence-corrected chi connectivity index (χ2v) is 7.36. The van der Waals surface area contributed by atoms with Crippen LogP contribution >= 0.6 is 39.9 Å². The Balaban J connectivity index is 0.00000338. The molecule has 1 atom stereocenters. The quantitative estimate of drug-likeness (QED) is 0.332. The molecule has 1 heterocycles. The third-order valence-electron chi connectivity index (χ3n) is 4.23. The molecular weight excluding hydrogens is 509 g/mol. The van der Waals surface area contributed by atoms with Gasteiger partial charge in [0.25, 0.3) is 0 Å². The molecule has 0 radical (unpaired) electrons. The molecule has 0 spiro atoms. The number of likely N-dealkylation sites (N-methyl/N-ethyl adjacent to an activating group) is 1. The fourth-order valence-electron chi connectivity index (χ4n) is 2.78. The SMILES string of the molecule is CCNC(=NCC(=O)N(C)C)NCC1CCN(c2cccc(Br)c2)C1.I. The highest BCUT2D eigenvalue weighted by Gasteiger charge is 2.23. The number of hydrogen-bond donors (Lipinski definition) is 2. The van der Waals surface area contributed by atoms with Crippen molar-refractivity contribution in [2.45, 2.75) is 13.3 Å². The summed E-state index contributed by atoms with van der Waals surface area (Å²) in [6.45, 7) is 5.91. The van der Waals surface area contributed by atoms with Crippen molar-refractivity contribution in [1.82, 2.24) is 15.5 Å². The smallest absolute Gasteiger partial charge is 0.243 e. The van der Waals surface area contributed by atoms with Crippen molar-refractivity contribution in [1.29, 1.82) is 0 Å². The van der Waals surface area contributed by atoms with E-state index in [1.165, 1.54) is 5.69 Å². The summed E-state index contributed by atoms with van der Waals surface area (Å²) >= 11 is 3.54. The first-order chi connectivity index (χ1) is 12.0. The fraction of sp³-hybridized carbons (Fsp3) is 0.556. The summed E-state index contributed by atoms with van der Waals surface area (Å²) in [7, 11) is 3.49. The zero-order valence-electron chi connectivity index (χ0n) is 15.7. The summed E-state index contributed by atoms with van der Waals surface area (Å²) in [6, 6.07) is 8.43. The first kappa shape index (κ1) is 23.0. The Morgan fingerprint density at radius 2 is 2.15 bits per heavy atom. The van der Waals surface area contributed by atoms with Gasteiger partial charge in [0.05, 0.1) is 0 Å². The van der Waals surface area contributed by atoms with Gasteiger partial charge >= 0.3 is 0 Å². The Bertz CT molecular complexity index is 611. The standard InChI is InChI=1S/C18H28BrN5O.HI/c1-4-20-18(22-12-17(25)23(2)3)21-11-14-8-9-24(13-14)16-7-5-6-15(19)10-16;/h5-7,10,14H,4,8-9,11-13H2,1-3H3,(H2,20,21,22);1H. The van der Waals surface area contributed by atoms with E-state index in [2.05, 4.69) is 54.7 Å². The molecule has 0 bridgehead atoms. The average Bonchev–Trinajstić information content (AvgIpc) is 3.06. The number of nitrogens with one attached hydrogen (secondary N) is 2. The van der Waals surface area contributed by atoms with Crippen molar-refractivity contribution >= 4 is 57.5 Å². The predicted molar refractivity (Wildman–Crippen MR) is 123 cm³/mol. The molecule has 1 unspecified atom stereocenters. The molecule has 0 aliphatic carbocycles. The van der Waals surface area contributed by atoms with Crippen LogP contribution in [0.4, 0.5) is 5.69 Å². The maximum atomic E-state index is 11.7. The Kier molecular flexibility index (Phi) is 10.3. The number of rotatable bonds is 6. The average molecular weight is 538 g/mol. The molecule has 2 N–H and O–H groups in total.